The van der Waals surface area contributed by atoms with Crippen molar-refractivity contribution < 1.29 is 18.3 Å². The molecule has 2 unspecified atom stereocenters. The van der Waals surface area contributed by atoms with Gasteiger partial charge in [-0.25, -0.2) is 8.78 Å². The second-order valence-electron chi connectivity index (χ2n) is 10.5. The first kappa shape index (κ1) is 28.8. The SMILES string of the molecule is C=CCn1c(SCC(=O)Nc2sc3c(c2C#N)CCC(C(C)(C)C)C3)nnc1C(C)Oc1ccc(F)cc1F. The molecular weight excluding hydrogens is 540 g/mol. The number of nitrogens with one attached hydrogen (secondary N) is 1. The molecule has 1 aliphatic rings. The van der Waals surface area contributed by atoms with Crippen LogP contribution in [0, 0.1) is 34.3 Å². The zero-order valence-electron chi connectivity index (χ0n) is 22.4. The van der Waals surface area contributed by atoms with Crippen LogP contribution in [0.2, 0.25) is 0 Å². The maximum Gasteiger partial charge on any atom is 0.235 e. The minimum absolute atomic E-state index is 0.0507. The number of fused-ring (bicyclic) bond motifs is 1. The number of thiophene rings is 1. The van der Waals surface area contributed by atoms with Gasteiger partial charge in [-0.3, -0.25) is 9.36 Å². The molecule has 11 heteroatoms. The van der Waals surface area contributed by atoms with Crippen molar-refractivity contribution in [3.8, 4) is 11.8 Å². The van der Waals surface area contributed by atoms with E-state index in [1.807, 2.05) is 0 Å². The van der Waals surface area contributed by atoms with Crippen LogP contribution in [0.4, 0.5) is 13.8 Å². The Morgan fingerprint density at radius 1 is 1.41 bits per heavy atom. The molecule has 0 fully saturated rings. The normalized spacial score (nSPS) is 15.8. The third kappa shape index (κ3) is 6.50. The molecule has 206 valence electrons. The number of aromatic nitrogens is 3. The number of nitrogens with zero attached hydrogens (tertiary/aromatic N) is 4. The van der Waals surface area contributed by atoms with E-state index in [1.54, 1.807) is 17.6 Å². The number of anilines is 1. The van der Waals surface area contributed by atoms with Crippen molar-refractivity contribution >= 4 is 34.0 Å². The molecule has 1 N–H and O–H groups in total. The van der Waals surface area contributed by atoms with Crippen LogP contribution in [0.25, 0.3) is 0 Å². The zero-order valence-corrected chi connectivity index (χ0v) is 24.0. The molecule has 2 heterocycles. The summed E-state index contributed by atoms with van der Waals surface area (Å²) >= 11 is 2.69. The number of allylic oxidation sites excluding steroid dienone is 1. The average Bonchev–Trinajstić information content (AvgIpc) is 3.44. The van der Waals surface area contributed by atoms with E-state index in [0.29, 0.717) is 34.0 Å². The minimum Gasteiger partial charge on any atom is -0.480 e. The monoisotopic (exact) mass is 571 g/mol. The molecule has 39 heavy (non-hydrogen) atoms. The molecule has 4 rings (SSSR count). The van der Waals surface area contributed by atoms with Crippen LogP contribution >= 0.6 is 23.1 Å². The molecule has 1 aromatic carbocycles. The van der Waals surface area contributed by atoms with Crippen LogP contribution in [-0.4, -0.2) is 26.4 Å². The van der Waals surface area contributed by atoms with E-state index in [0.717, 1.165) is 37.0 Å². The first-order valence-electron chi connectivity index (χ1n) is 12.6. The predicted octanol–water partition coefficient (Wildman–Crippen LogP) is 6.70. The highest BCUT2D eigenvalue weighted by Crippen LogP contribution is 2.44. The Hall–Kier alpha value is -3.23. The van der Waals surface area contributed by atoms with E-state index >= 15 is 0 Å². The van der Waals surface area contributed by atoms with Gasteiger partial charge in [-0.05, 0) is 55.2 Å². The van der Waals surface area contributed by atoms with Crippen LogP contribution in [-0.2, 0) is 24.2 Å². The summed E-state index contributed by atoms with van der Waals surface area (Å²) in [6.45, 7) is 12.5. The molecule has 0 saturated heterocycles. The van der Waals surface area contributed by atoms with Crippen molar-refractivity contribution in [1.29, 1.82) is 5.26 Å². The van der Waals surface area contributed by atoms with E-state index in [2.05, 4.69) is 48.9 Å². The summed E-state index contributed by atoms with van der Waals surface area (Å²) in [4.78, 5) is 14.1. The third-order valence-electron chi connectivity index (χ3n) is 6.81. The van der Waals surface area contributed by atoms with Gasteiger partial charge in [-0.1, -0.05) is 38.6 Å². The summed E-state index contributed by atoms with van der Waals surface area (Å²) in [5, 5.41) is 22.2. The fourth-order valence-corrected chi connectivity index (χ4v) is 6.70. The smallest absolute Gasteiger partial charge is 0.235 e. The molecule has 0 spiro atoms. The number of hydrogen-bond acceptors (Lipinski definition) is 7. The highest BCUT2D eigenvalue weighted by molar-refractivity contribution is 7.99. The topological polar surface area (TPSA) is 92.8 Å². The zero-order chi connectivity index (χ0) is 28.3. The van der Waals surface area contributed by atoms with Crippen LogP contribution in [0.3, 0.4) is 0 Å². The Balaban J connectivity index is 1.44. The summed E-state index contributed by atoms with van der Waals surface area (Å²) < 4.78 is 34.7. The Bertz CT molecular complexity index is 1420. The van der Waals surface area contributed by atoms with Gasteiger partial charge in [0.15, 0.2) is 28.7 Å². The van der Waals surface area contributed by atoms with Crippen molar-refractivity contribution in [3.05, 3.63) is 64.3 Å². The number of thioether (sulfide) groups is 1. The maximum atomic E-state index is 14.1. The van der Waals surface area contributed by atoms with Gasteiger partial charge in [-0.2, -0.15) is 5.26 Å². The van der Waals surface area contributed by atoms with Gasteiger partial charge in [0.1, 0.15) is 16.9 Å². The maximum absolute atomic E-state index is 14.1. The molecule has 3 aromatic rings. The first-order chi connectivity index (χ1) is 18.5. The largest absolute Gasteiger partial charge is 0.480 e. The number of ether oxygens (including phenoxy) is 1. The number of rotatable bonds is 9. The lowest BCUT2D eigenvalue weighted by atomic mass is 9.72. The highest BCUT2D eigenvalue weighted by atomic mass is 32.2. The number of hydrogen-bond donors (Lipinski definition) is 1. The summed E-state index contributed by atoms with van der Waals surface area (Å²) in [5.41, 5.74) is 1.81. The van der Waals surface area contributed by atoms with Gasteiger partial charge in [0, 0.05) is 17.5 Å². The molecule has 7 nitrogen and oxygen atoms in total. The van der Waals surface area contributed by atoms with Gasteiger partial charge in [0.2, 0.25) is 5.91 Å². The Kier molecular flexibility index (Phi) is 8.76. The molecule has 0 saturated carbocycles. The van der Waals surface area contributed by atoms with Crippen LogP contribution in [0.1, 0.15) is 62.0 Å². The average molecular weight is 572 g/mol. The molecule has 1 amide bonds. The number of benzene rings is 1. The fraction of sp³-hybridized carbons (Fsp3) is 0.429. The van der Waals surface area contributed by atoms with E-state index in [4.69, 9.17) is 4.74 Å². The van der Waals surface area contributed by atoms with Crippen molar-refractivity contribution in [2.45, 2.75) is 64.8 Å². The molecule has 2 aromatic heterocycles. The highest BCUT2D eigenvalue weighted by Gasteiger charge is 2.32. The van der Waals surface area contributed by atoms with Crippen molar-refractivity contribution in [1.82, 2.24) is 14.8 Å². The quantitative estimate of drug-likeness (QED) is 0.227. The molecular formula is C28H31F2N5O2S2. The van der Waals surface area contributed by atoms with E-state index in [9.17, 15) is 18.8 Å². The van der Waals surface area contributed by atoms with Gasteiger partial charge < -0.3 is 10.1 Å². The molecule has 2 atom stereocenters. The minimum atomic E-state index is -0.816. The number of nitriles is 1. The third-order valence-corrected chi connectivity index (χ3v) is 8.94. The lowest BCUT2D eigenvalue weighted by Crippen LogP contribution is -2.26. The Labute approximate surface area is 235 Å². The van der Waals surface area contributed by atoms with Crippen LogP contribution in [0.15, 0.2) is 36.0 Å². The number of halogens is 2. The summed E-state index contributed by atoms with van der Waals surface area (Å²) in [7, 11) is 0. The van der Waals surface area contributed by atoms with Crippen molar-refractivity contribution in [2.24, 2.45) is 11.3 Å². The molecule has 0 aliphatic heterocycles. The van der Waals surface area contributed by atoms with E-state index in [1.165, 1.54) is 34.0 Å². The fourth-order valence-electron chi connectivity index (χ4n) is 4.65. The summed E-state index contributed by atoms with van der Waals surface area (Å²) in [6, 6.07) is 5.38. The second kappa shape index (κ2) is 11.9. The Morgan fingerprint density at radius 3 is 2.85 bits per heavy atom. The number of carbonyl (C=O) groups excluding carboxylic acids is 1. The van der Waals surface area contributed by atoms with Gasteiger partial charge >= 0.3 is 0 Å². The van der Waals surface area contributed by atoms with Crippen molar-refractivity contribution in [2.75, 3.05) is 11.1 Å². The molecule has 0 radical (unpaired) electrons. The lowest BCUT2D eigenvalue weighted by Gasteiger charge is -2.33. The first-order valence-corrected chi connectivity index (χ1v) is 14.4. The van der Waals surface area contributed by atoms with Crippen LogP contribution < -0.4 is 10.1 Å². The van der Waals surface area contributed by atoms with E-state index in [-0.39, 0.29) is 22.8 Å². The summed E-state index contributed by atoms with van der Waals surface area (Å²) in [5.74, 6) is -0.879. The van der Waals surface area contributed by atoms with E-state index < -0.39 is 17.7 Å². The van der Waals surface area contributed by atoms with Gasteiger partial charge in [0.05, 0.1) is 11.3 Å². The Morgan fingerprint density at radius 2 is 2.18 bits per heavy atom. The van der Waals surface area contributed by atoms with Gasteiger partial charge in [-0.15, -0.1) is 28.1 Å². The number of carbonyl (C=O) groups is 1. The lowest BCUT2D eigenvalue weighted by molar-refractivity contribution is -0.113. The summed E-state index contributed by atoms with van der Waals surface area (Å²) in [6.07, 6.45) is 3.74. The number of amides is 1. The second-order valence-corrected chi connectivity index (χ2v) is 12.6. The van der Waals surface area contributed by atoms with Crippen LogP contribution in [0.5, 0.6) is 5.75 Å². The molecule has 0 bridgehead atoms. The van der Waals surface area contributed by atoms with Crippen molar-refractivity contribution in [3.63, 3.8) is 0 Å². The predicted molar refractivity (Wildman–Crippen MR) is 149 cm³/mol. The van der Waals surface area contributed by atoms with Gasteiger partial charge in [0.25, 0.3) is 0 Å². The standard InChI is InChI=1S/C28H31F2N5O2S2/c1-6-11-35-25(16(2)37-22-10-8-18(29)13-21(22)30)33-34-27(35)38-15-24(36)32-26-20(14-31)19-9-7-17(28(3,4)5)12-23(19)39-26/h6,8,10,13,16-17H,1,7,9,11-12,15H2,2-5H3,(H,32,36). The molecule has 1 aliphatic carbocycles.